The predicted octanol–water partition coefficient (Wildman–Crippen LogP) is -3.58. The minimum atomic E-state index is -1.53. The Hall–Kier alpha value is -3.26. The molecular formula is C19H34N6O8. The monoisotopic (exact) mass is 474 g/mol. The molecule has 0 bridgehead atoms. The number of amides is 5. The SMILES string of the molecule is CCC(C)C(NC(=O)C(CO)NC(=O)C(CCC(N)=O)NC(=O)C(N)CCC(N)=O)C(=O)O. The van der Waals surface area contributed by atoms with Gasteiger partial charge in [0, 0.05) is 12.8 Å². The predicted molar refractivity (Wildman–Crippen MR) is 115 cm³/mol. The molecule has 0 radical (unpaired) electrons. The minimum Gasteiger partial charge on any atom is -0.480 e. The van der Waals surface area contributed by atoms with Gasteiger partial charge in [-0.25, -0.2) is 4.79 Å². The molecule has 0 aromatic rings. The van der Waals surface area contributed by atoms with Crippen molar-refractivity contribution in [3.63, 3.8) is 0 Å². The van der Waals surface area contributed by atoms with Crippen LogP contribution < -0.4 is 33.2 Å². The van der Waals surface area contributed by atoms with Crippen LogP contribution in [0.5, 0.6) is 0 Å². The van der Waals surface area contributed by atoms with Gasteiger partial charge in [-0.1, -0.05) is 20.3 Å². The summed E-state index contributed by atoms with van der Waals surface area (Å²) in [6, 6.07) is -5.30. The molecule has 11 N–H and O–H groups in total. The molecule has 0 saturated heterocycles. The largest absolute Gasteiger partial charge is 0.480 e. The van der Waals surface area contributed by atoms with Crippen LogP contribution >= 0.6 is 0 Å². The van der Waals surface area contributed by atoms with E-state index in [9.17, 15) is 39.0 Å². The molecule has 0 saturated carbocycles. The van der Waals surface area contributed by atoms with E-state index in [1.807, 2.05) is 0 Å². The number of aliphatic hydroxyl groups is 1. The number of primary amides is 2. The summed E-state index contributed by atoms with van der Waals surface area (Å²) in [7, 11) is 0. The van der Waals surface area contributed by atoms with Gasteiger partial charge in [-0.05, 0) is 18.8 Å². The van der Waals surface area contributed by atoms with E-state index in [0.29, 0.717) is 6.42 Å². The topological polar surface area (TPSA) is 257 Å². The van der Waals surface area contributed by atoms with Gasteiger partial charge in [0.15, 0.2) is 0 Å². The average Bonchev–Trinajstić information content (AvgIpc) is 2.75. The number of nitrogens with two attached hydrogens (primary N) is 3. The number of aliphatic carboxylic acids is 1. The molecule has 0 fully saturated rings. The number of carbonyl (C=O) groups is 6. The lowest BCUT2D eigenvalue weighted by Crippen LogP contribution is -2.58. The molecule has 0 aliphatic heterocycles. The number of hydrogen-bond acceptors (Lipinski definition) is 8. The average molecular weight is 475 g/mol. The number of carbonyl (C=O) groups excluding carboxylic acids is 5. The molecule has 0 aliphatic rings. The lowest BCUT2D eigenvalue weighted by molar-refractivity contribution is -0.144. The number of hydrogen-bond donors (Lipinski definition) is 8. The molecule has 0 aromatic carbocycles. The first-order valence-electron chi connectivity index (χ1n) is 10.4. The van der Waals surface area contributed by atoms with E-state index < -0.39 is 72.2 Å². The Bertz CT molecular complexity index is 731. The number of carboxylic acids is 1. The second-order valence-corrected chi connectivity index (χ2v) is 7.63. The summed E-state index contributed by atoms with van der Waals surface area (Å²) in [5.74, 6) is -5.82. The van der Waals surface area contributed by atoms with Gasteiger partial charge in [-0.15, -0.1) is 0 Å². The first kappa shape index (κ1) is 29.7. The van der Waals surface area contributed by atoms with E-state index in [1.165, 1.54) is 0 Å². The van der Waals surface area contributed by atoms with Crippen LogP contribution in [0.1, 0.15) is 46.0 Å². The van der Waals surface area contributed by atoms with Gasteiger partial charge in [-0.3, -0.25) is 24.0 Å². The molecule has 0 rings (SSSR count). The molecule has 33 heavy (non-hydrogen) atoms. The van der Waals surface area contributed by atoms with Crippen LogP contribution in [0.2, 0.25) is 0 Å². The number of nitrogens with one attached hydrogen (secondary N) is 3. The smallest absolute Gasteiger partial charge is 0.326 e. The van der Waals surface area contributed by atoms with Crippen molar-refractivity contribution in [3.8, 4) is 0 Å². The van der Waals surface area contributed by atoms with Crippen LogP contribution in [0, 0.1) is 5.92 Å². The second-order valence-electron chi connectivity index (χ2n) is 7.63. The van der Waals surface area contributed by atoms with Gasteiger partial charge in [0.25, 0.3) is 0 Å². The van der Waals surface area contributed by atoms with Crippen LogP contribution in [-0.2, 0) is 28.8 Å². The van der Waals surface area contributed by atoms with Crippen LogP contribution in [0.4, 0.5) is 0 Å². The van der Waals surface area contributed by atoms with Crippen LogP contribution in [0.15, 0.2) is 0 Å². The molecular weight excluding hydrogens is 440 g/mol. The number of aliphatic hydroxyl groups excluding tert-OH is 1. The van der Waals surface area contributed by atoms with Gasteiger partial charge >= 0.3 is 5.97 Å². The van der Waals surface area contributed by atoms with Crippen LogP contribution in [0.3, 0.4) is 0 Å². The highest BCUT2D eigenvalue weighted by Crippen LogP contribution is 2.08. The van der Waals surface area contributed by atoms with Gasteiger partial charge in [0.05, 0.1) is 12.6 Å². The van der Waals surface area contributed by atoms with Crippen LogP contribution in [-0.4, -0.2) is 76.5 Å². The second kappa shape index (κ2) is 14.7. The van der Waals surface area contributed by atoms with Crippen molar-refractivity contribution >= 4 is 35.5 Å². The van der Waals surface area contributed by atoms with E-state index in [4.69, 9.17) is 17.2 Å². The summed E-state index contributed by atoms with van der Waals surface area (Å²) in [6.45, 7) is 2.49. The van der Waals surface area contributed by atoms with E-state index in [-0.39, 0.29) is 25.7 Å². The molecule has 0 aromatic heterocycles. The lowest BCUT2D eigenvalue weighted by atomic mass is 9.99. The fourth-order valence-electron chi connectivity index (χ4n) is 2.67. The Morgan fingerprint density at radius 2 is 1.30 bits per heavy atom. The van der Waals surface area contributed by atoms with E-state index in [1.54, 1.807) is 13.8 Å². The highest BCUT2D eigenvalue weighted by Gasteiger charge is 2.31. The maximum atomic E-state index is 12.7. The molecule has 14 heteroatoms. The third-order valence-electron chi connectivity index (χ3n) is 4.94. The number of carboxylic acid groups (broad SMARTS) is 1. The summed E-state index contributed by atoms with van der Waals surface area (Å²) in [5.41, 5.74) is 15.8. The highest BCUT2D eigenvalue weighted by atomic mass is 16.4. The van der Waals surface area contributed by atoms with Crippen molar-refractivity contribution in [2.75, 3.05) is 6.61 Å². The van der Waals surface area contributed by atoms with E-state index in [0.717, 1.165) is 0 Å². The Labute approximate surface area is 191 Å². The fraction of sp³-hybridized carbons (Fsp3) is 0.684. The van der Waals surface area contributed by atoms with E-state index in [2.05, 4.69) is 16.0 Å². The van der Waals surface area contributed by atoms with Crippen molar-refractivity contribution in [2.45, 2.75) is 70.1 Å². The first-order valence-corrected chi connectivity index (χ1v) is 10.4. The summed E-state index contributed by atoms with van der Waals surface area (Å²) in [6.07, 6.45) is -0.329. The van der Waals surface area contributed by atoms with E-state index >= 15 is 0 Å². The first-order chi connectivity index (χ1) is 15.3. The zero-order chi connectivity index (χ0) is 25.7. The molecule has 5 atom stereocenters. The molecule has 0 aliphatic carbocycles. The van der Waals surface area contributed by atoms with Gasteiger partial charge < -0.3 is 43.4 Å². The maximum Gasteiger partial charge on any atom is 0.326 e. The Kier molecular flexibility index (Phi) is 13.3. The third-order valence-corrected chi connectivity index (χ3v) is 4.94. The summed E-state index contributed by atoms with van der Waals surface area (Å²) >= 11 is 0. The van der Waals surface area contributed by atoms with Crippen molar-refractivity contribution in [1.82, 2.24) is 16.0 Å². The van der Waals surface area contributed by atoms with Gasteiger partial charge in [0.1, 0.15) is 18.1 Å². The fourth-order valence-corrected chi connectivity index (χ4v) is 2.67. The molecule has 0 spiro atoms. The van der Waals surface area contributed by atoms with Crippen LogP contribution in [0.25, 0.3) is 0 Å². The van der Waals surface area contributed by atoms with Crippen molar-refractivity contribution in [1.29, 1.82) is 0 Å². The number of rotatable bonds is 16. The highest BCUT2D eigenvalue weighted by molar-refractivity contribution is 5.94. The van der Waals surface area contributed by atoms with Crippen molar-refractivity contribution in [2.24, 2.45) is 23.1 Å². The summed E-state index contributed by atoms with van der Waals surface area (Å²) in [4.78, 5) is 70.7. The molecule has 188 valence electrons. The standard InChI is InChI=1S/C19H34N6O8/c1-3-9(2)15(19(32)33)25-18(31)12(8-26)24-17(30)11(5-7-14(22)28)23-16(29)10(20)4-6-13(21)27/h9-12,15,26H,3-8,20H2,1-2H3,(H2,21,27)(H2,22,28)(H,23,29)(H,24,30)(H,25,31)(H,32,33). The van der Waals surface area contributed by atoms with Gasteiger partial charge in [0.2, 0.25) is 29.5 Å². The molecule has 0 heterocycles. The summed E-state index contributed by atoms with van der Waals surface area (Å²) < 4.78 is 0. The minimum absolute atomic E-state index is 0.0841. The Morgan fingerprint density at radius 1 is 0.818 bits per heavy atom. The third kappa shape index (κ3) is 11.2. The summed E-state index contributed by atoms with van der Waals surface area (Å²) in [5, 5.41) is 25.6. The normalized spacial score (nSPS) is 15.3. The van der Waals surface area contributed by atoms with Crippen molar-refractivity contribution < 1.29 is 39.0 Å². The lowest BCUT2D eigenvalue weighted by Gasteiger charge is -2.25. The maximum absolute atomic E-state index is 12.7. The quantitative estimate of drug-likeness (QED) is 0.110. The molecule has 14 nitrogen and oxygen atoms in total. The Morgan fingerprint density at radius 3 is 1.76 bits per heavy atom. The van der Waals surface area contributed by atoms with Gasteiger partial charge in [-0.2, -0.15) is 0 Å². The Balaban J connectivity index is 5.33. The zero-order valence-electron chi connectivity index (χ0n) is 18.7. The molecule has 5 unspecified atom stereocenters. The molecule has 5 amide bonds. The zero-order valence-corrected chi connectivity index (χ0v) is 18.7. The van der Waals surface area contributed by atoms with Crippen molar-refractivity contribution in [3.05, 3.63) is 0 Å².